The van der Waals surface area contributed by atoms with Gasteiger partial charge in [0.15, 0.2) is 0 Å². The zero-order valence-corrected chi connectivity index (χ0v) is 17.4. The highest BCUT2D eigenvalue weighted by Gasteiger charge is 2.54. The van der Waals surface area contributed by atoms with Gasteiger partial charge >= 0.3 is 0 Å². The Labute approximate surface area is 172 Å². The fraction of sp³-hybridized carbons (Fsp3) is 0.400. The third kappa shape index (κ3) is 3.29. The van der Waals surface area contributed by atoms with Gasteiger partial charge in [0.05, 0.1) is 29.8 Å². The van der Waals surface area contributed by atoms with Crippen LogP contribution in [0.3, 0.4) is 0 Å². The average Bonchev–Trinajstić information content (AvgIpc) is 3.08. The Morgan fingerprint density at radius 3 is 2.79 bits per heavy atom. The lowest BCUT2D eigenvalue weighted by Crippen LogP contribution is -2.54. The van der Waals surface area contributed by atoms with Gasteiger partial charge < -0.3 is 4.74 Å². The van der Waals surface area contributed by atoms with E-state index in [2.05, 4.69) is 31.3 Å². The quantitative estimate of drug-likeness (QED) is 0.560. The minimum absolute atomic E-state index is 0.113. The first-order valence-electron chi connectivity index (χ1n) is 10.3. The summed E-state index contributed by atoms with van der Waals surface area (Å²) >= 11 is 0. The summed E-state index contributed by atoms with van der Waals surface area (Å²) in [5.74, 6) is -0.239. The molecule has 4 rings (SSSR count). The molecule has 0 bridgehead atoms. The van der Waals surface area contributed by atoms with Crippen molar-refractivity contribution in [1.29, 1.82) is 0 Å². The van der Waals surface area contributed by atoms with Gasteiger partial charge in [-0.05, 0) is 74.9 Å². The molecule has 1 saturated carbocycles. The van der Waals surface area contributed by atoms with Crippen LogP contribution in [0, 0.1) is 11.2 Å². The molecule has 2 aliphatic carbocycles. The van der Waals surface area contributed by atoms with E-state index in [1.807, 2.05) is 23.9 Å². The molecule has 1 fully saturated rings. The summed E-state index contributed by atoms with van der Waals surface area (Å²) in [4.78, 5) is 0. The van der Waals surface area contributed by atoms with Crippen LogP contribution in [0.25, 0.3) is 11.8 Å². The molecule has 0 N–H and O–H groups in total. The van der Waals surface area contributed by atoms with Gasteiger partial charge in [-0.3, -0.25) is 0 Å². The number of hydrogen-bond acceptors (Lipinski definition) is 2. The molecule has 0 radical (unpaired) electrons. The van der Waals surface area contributed by atoms with Crippen LogP contribution >= 0.6 is 0 Å². The van der Waals surface area contributed by atoms with E-state index < -0.39 is 0 Å². The van der Waals surface area contributed by atoms with E-state index in [4.69, 9.17) is 4.74 Å². The topological polar surface area (TPSA) is 27.1 Å². The average molecular weight is 393 g/mol. The van der Waals surface area contributed by atoms with E-state index >= 15 is 0 Å². The summed E-state index contributed by atoms with van der Waals surface area (Å²) in [5, 5.41) is 4.63. The van der Waals surface area contributed by atoms with Gasteiger partial charge in [0.25, 0.3) is 0 Å². The summed E-state index contributed by atoms with van der Waals surface area (Å²) in [6.45, 7) is 13.0. The predicted molar refractivity (Wildman–Crippen MR) is 115 cm³/mol. The number of nitrogens with zero attached hydrogens (tertiary/aromatic N) is 2. The maximum absolute atomic E-state index is 13.4. The Hall–Kier alpha value is -2.46. The van der Waals surface area contributed by atoms with Crippen LogP contribution in [0.2, 0.25) is 0 Å². The number of rotatable bonds is 6. The second-order valence-corrected chi connectivity index (χ2v) is 8.71. The summed E-state index contributed by atoms with van der Waals surface area (Å²) in [6, 6.07) is 6.50. The van der Waals surface area contributed by atoms with E-state index in [9.17, 15) is 4.39 Å². The lowest BCUT2D eigenvalue weighted by molar-refractivity contribution is -0.123. The Morgan fingerprint density at radius 2 is 2.10 bits per heavy atom. The van der Waals surface area contributed by atoms with Crippen molar-refractivity contribution in [1.82, 2.24) is 9.78 Å². The molecule has 2 aromatic rings. The summed E-state index contributed by atoms with van der Waals surface area (Å²) in [6.07, 6.45) is 11.1. The van der Waals surface area contributed by atoms with Gasteiger partial charge in [-0.15, -0.1) is 6.58 Å². The van der Waals surface area contributed by atoms with E-state index in [1.165, 1.54) is 23.3 Å². The molecule has 0 saturated heterocycles. The normalized spacial score (nSPS) is 25.7. The third-order valence-electron chi connectivity index (χ3n) is 6.62. The molecule has 29 heavy (non-hydrogen) atoms. The zero-order valence-electron chi connectivity index (χ0n) is 17.4. The predicted octanol–water partition coefficient (Wildman–Crippen LogP) is 6.05. The smallest absolute Gasteiger partial charge is 0.123 e. The van der Waals surface area contributed by atoms with Gasteiger partial charge in [-0.1, -0.05) is 30.7 Å². The maximum atomic E-state index is 13.4. The molecule has 2 aliphatic rings. The number of halogens is 1. The lowest BCUT2D eigenvalue weighted by Gasteiger charge is -2.54. The molecular weight excluding hydrogens is 363 g/mol. The number of hydrogen-bond donors (Lipinski definition) is 0. The molecule has 3 nitrogen and oxygen atoms in total. The van der Waals surface area contributed by atoms with Crippen LogP contribution in [-0.4, -0.2) is 22.0 Å². The second kappa shape index (κ2) is 7.42. The van der Waals surface area contributed by atoms with Crippen LogP contribution in [0.1, 0.15) is 50.8 Å². The Balaban J connectivity index is 1.76. The van der Waals surface area contributed by atoms with Crippen LogP contribution in [0.5, 0.6) is 0 Å². The Kier molecular flexibility index (Phi) is 5.07. The van der Waals surface area contributed by atoms with Gasteiger partial charge in [-0.2, -0.15) is 5.10 Å². The standard InChI is InChI=1S/C25H29FN2O/c1-5-12-25(29-17-18(2)3)13-6-7-20-14-23-19(15-24(20,25)4)16-27-28(23)22-10-8-21(26)9-11-22/h5,8-11,14,16H,1-2,6-7,12-13,15,17H2,3-4H3/t24-,25-/m0/s1. The van der Waals surface area contributed by atoms with E-state index in [0.717, 1.165) is 49.1 Å². The summed E-state index contributed by atoms with van der Waals surface area (Å²) in [5.41, 5.74) is 5.22. The van der Waals surface area contributed by atoms with Gasteiger partial charge in [-0.25, -0.2) is 9.07 Å². The molecule has 0 unspecified atom stereocenters. The minimum atomic E-state index is -0.284. The highest BCUT2D eigenvalue weighted by molar-refractivity contribution is 5.62. The molecule has 1 aromatic heterocycles. The number of ether oxygens (including phenoxy) is 1. The summed E-state index contributed by atoms with van der Waals surface area (Å²) < 4.78 is 21.9. The molecule has 0 spiro atoms. The fourth-order valence-electron chi connectivity index (χ4n) is 5.04. The highest BCUT2D eigenvalue weighted by Crippen LogP contribution is 2.56. The molecule has 152 valence electrons. The molecule has 1 heterocycles. The Bertz CT molecular complexity index is 971. The van der Waals surface area contributed by atoms with Crippen molar-refractivity contribution < 1.29 is 9.13 Å². The molecule has 1 aromatic carbocycles. The van der Waals surface area contributed by atoms with Crippen molar-refractivity contribution >= 4 is 6.08 Å². The number of benzene rings is 1. The maximum Gasteiger partial charge on any atom is 0.123 e. The monoisotopic (exact) mass is 392 g/mol. The van der Waals surface area contributed by atoms with E-state index in [-0.39, 0.29) is 16.8 Å². The first kappa shape index (κ1) is 19.8. The molecule has 2 atom stereocenters. The summed E-state index contributed by atoms with van der Waals surface area (Å²) in [7, 11) is 0. The lowest BCUT2D eigenvalue weighted by atomic mass is 9.56. The van der Waals surface area contributed by atoms with E-state index in [1.54, 1.807) is 12.1 Å². The van der Waals surface area contributed by atoms with Crippen molar-refractivity contribution in [3.63, 3.8) is 0 Å². The third-order valence-corrected chi connectivity index (χ3v) is 6.62. The van der Waals surface area contributed by atoms with Crippen molar-refractivity contribution in [3.8, 4) is 5.69 Å². The first-order valence-corrected chi connectivity index (χ1v) is 10.3. The molecule has 0 amide bonds. The first-order chi connectivity index (χ1) is 13.9. The van der Waals surface area contributed by atoms with Crippen LogP contribution < -0.4 is 0 Å². The molecular formula is C25H29FN2O. The number of fused-ring (bicyclic) bond motifs is 2. The van der Waals surface area contributed by atoms with Crippen molar-refractivity contribution in [3.05, 3.63) is 77.9 Å². The van der Waals surface area contributed by atoms with Gasteiger partial charge in [0.2, 0.25) is 0 Å². The number of aromatic nitrogens is 2. The van der Waals surface area contributed by atoms with Crippen molar-refractivity contribution in [2.24, 2.45) is 5.41 Å². The second-order valence-electron chi connectivity index (χ2n) is 8.71. The molecule has 0 aliphatic heterocycles. The van der Waals surface area contributed by atoms with Gasteiger partial charge in [0, 0.05) is 5.41 Å². The van der Waals surface area contributed by atoms with Crippen molar-refractivity contribution in [2.75, 3.05) is 6.61 Å². The van der Waals surface area contributed by atoms with Crippen LogP contribution in [-0.2, 0) is 11.2 Å². The minimum Gasteiger partial charge on any atom is -0.369 e. The SMILES string of the molecule is C=CC[C@]1(OCC(=C)C)CCCC2=Cc3c(cnn3-c3ccc(F)cc3)C[C@@]21C. The Morgan fingerprint density at radius 1 is 1.34 bits per heavy atom. The molecule has 4 heteroatoms. The van der Waals surface area contributed by atoms with E-state index in [0.29, 0.717) is 6.61 Å². The fourth-order valence-corrected chi connectivity index (χ4v) is 5.04. The highest BCUT2D eigenvalue weighted by atomic mass is 19.1. The zero-order chi connectivity index (χ0) is 20.6. The van der Waals surface area contributed by atoms with Crippen LogP contribution in [0.4, 0.5) is 4.39 Å². The van der Waals surface area contributed by atoms with Crippen LogP contribution in [0.15, 0.2) is 60.8 Å². The largest absolute Gasteiger partial charge is 0.369 e. The van der Waals surface area contributed by atoms with Crippen molar-refractivity contribution in [2.45, 2.75) is 51.6 Å². The van der Waals surface area contributed by atoms with Gasteiger partial charge in [0.1, 0.15) is 5.82 Å².